The van der Waals surface area contributed by atoms with Crippen LogP contribution in [0.5, 0.6) is 0 Å². The van der Waals surface area contributed by atoms with E-state index in [0.29, 0.717) is 84.5 Å². The zero-order chi connectivity index (χ0) is 26.9. The Morgan fingerprint density at radius 1 is 0.692 bits per heavy atom. The summed E-state index contributed by atoms with van der Waals surface area (Å²) in [4.78, 5) is 29.4. The van der Waals surface area contributed by atoms with E-state index in [0.717, 1.165) is 27.6 Å². The standard InChI is InChI=1S/C23H27N9O7/c33-31(34)19-15-20(32(35)36)23-24-25-26-30(23)22(19)21-17(28-3-9-38-10-4-28)13-16(27-1-7-37-8-2-27)14-18(21)29-5-11-39-12-6-29/h13-15H,1-12H2. The summed E-state index contributed by atoms with van der Waals surface area (Å²) in [6, 6.07) is 5.00. The highest BCUT2D eigenvalue weighted by Crippen LogP contribution is 2.47. The number of hydrogen-bond donors (Lipinski definition) is 0. The van der Waals surface area contributed by atoms with E-state index in [2.05, 4.69) is 30.2 Å². The third-order valence-electron chi connectivity index (χ3n) is 7.22. The molecule has 3 aromatic rings. The van der Waals surface area contributed by atoms with Crippen molar-refractivity contribution in [3.63, 3.8) is 0 Å². The molecule has 0 radical (unpaired) electrons. The largest absolute Gasteiger partial charge is 0.378 e. The lowest BCUT2D eigenvalue weighted by Crippen LogP contribution is -2.40. The minimum atomic E-state index is -0.713. The van der Waals surface area contributed by atoms with E-state index in [4.69, 9.17) is 14.2 Å². The van der Waals surface area contributed by atoms with Crippen molar-refractivity contribution in [3.05, 3.63) is 38.4 Å². The number of nitrogens with zero attached hydrogens (tertiary/aromatic N) is 9. The maximum atomic E-state index is 12.4. The summed E-state index contributed by atoms with van der Waals surface area (Å²) >= 11 is 0. The van der Waals surface area contributed by atoms with E-state index in [1.165, 1.54) is 0 Å². The number of anilines is 3. The molecule has 0 N–H and O–H groups in total. The number of tetrazole rings is 1. The van der Waals surface area contributed by atoms with Crippen LogP contribution < -0.4 is 14.7 Å². The summed E-state index contributed by atoms with van der Waals surface area (Å²) < 4.78 is 17.9. The van der Waals surface area contributed by atoms with Crippen LogP contribution in [0.4, 0.5) is 28.4 Å². The second-order valence-electron chi connectivity index (χ2n) is 9.35. The zero-order valence-corrected chi connectivity index (χ0v) is 21.1. The number of morpholine rings is 3. The van der Waals surface area contributed by atoms with Crippen molar-refractivity contribution in [1.29, 1.82) is 0 Å². The Bertz CT molecular complexity index is 1360. The van der Waals surface area contributed by atoms with E-state index in [1.54, 1.807) is 0 Å². The van der Waals surface area contributed by atoms with Crippen molar-refractivity contribution >= 4 is 34.1 Å². The molecular weight excluding hydrogens is 514 g/mol. The molecule has 0 amide bonds. The zero-order valence-electron chi connectivity index (χ0n) is 21.1. The minimum absolute atomic E-state index is 0.0853. The number of hydrogen-bond acceptors (Lipinski definition) is 13. The lowest BCUT2D eigenvalue weighted by Gasteiger charge is -2.37. The van der Waals surface area contributed by atoms with Crippen molar-refractivity contribution in [3.8, 4) is 11.3 Å². The number of pyridine rings is 1. The Balaban J connectivity index is 1.67. The highest BCUT2D eigenvalue weighted by Gasteiger charge is 2.35. The molecule has 16 nitrogen and oxygen atoms in total. The fraction of sp³-hybridized carbons (Fsp3) is 0.522. The third-order valence-corrected chi connectivity index (χ3v) is 7.22. The van der Waals surface area contributed by atoms with Crippen LogP contribution in [-0.2, 0) is 14.2 Å². The maximum absolute atomic E-state index is 12.4. The third kappa shape index (κ3) is 4.66. The van der Waals surface area contributed by atoms with Gasteiger partial charge in [-0.3, -0.25) is 20.2 Å². The van der Waals surface area contributed by atoms with Crippen LogP contribution in [-0.4, -0.2) is 109 Å². The molecule has 1 aromatic carbocycles. The van der Waals surface area contributed by atoms with Gasteiger partial charge in [-0.1, -0.05) is 0 Å². The quantitative estimate of drug-likeness (QED) is 0.322. The van der Waals surface area contributed by atoms with Crippen molar-refractivity contribution in [2.45, 2.75) is 0 Å². The van der Waals surface area contributed by atoms with Crippen LogP contribution in [0.15, 0.2) is 18.2 Å². The van der Waals surface area contributed by atoms with Gasteiger partial charge in [0, 0.05) is 45.0 Å². The summed E-state index contributed by atoms with van der Waals surface area (Å²) in [5.41, 5.74) is 1.92. The smallest absolute Gasteiger partial charge is 0.322 e. The van der Waals surface area contributed by atoms with Crippen molar-refractivity contribution in [2.75, 3.05) is 93.6 Å². The average Bonchev–Trinajstić information content (AvgIpc) is 3.47. The van der Waals surface area contributed by atoms with Gasteiger partial charge in [0.05, 0.1) is 66.4 Å². The minimum Gasteiger partial charge on any atom is -0.378 e. The summed E-state index contributed by atoms with van der Waals surface area (Å²) in [6.45, 7) is 6.88. The molecule has 3 aliphatic rings. The van der Waals surface area contributed by atoms with Crippen LogP contribution in [0.1, 0.15) is 0 Å². The SMILES string of the molecule is O=[N+]([O-])c1cc([N+](=O)[O-])c2nnnn2c1-c1c(N2CCOCC2)cc(N2CCOCC2)cc1N1CCOCC1. The van der Waals surface area contributed by atoms with Crippen molar-refractivity contribution < 1.29 is 24.1 Å². The number of ether oxygens (including phenoxy) is 3. The molecule has 3 fully saturated rings. The first-order chi connectivity index (χ1) is 19.0. The summed E-state index contributed by atoms with van der Waals surface area (Å²) in [5, 5.41) is 35.7. The topological polar surface area (TPSA) is 167 Å². The molecule has 5 heterocycles. The van der Waals surface area contributed by atoms with Crippen molar-refractivity contribution in [1.82, 2.24) is 20.0 Å². The Hall–Kier alpha value is -4.15. The van der Waals surface area contributed by atoms with Crippen LogP contribution in [0, 0.1) is 20.2 Å². The Morgan fingerprint density at radius 3 is 1.67 bits per heavy atom. The highest BCUT2D eigenvalue weighted by molar-refractivity contribution is 5.96. The molecule has 39 heavy (non-hydrogen) atoms. The van der Waals surface area contributed by atoms with Crippen LogP contribution >= 0.6 is 0 Å². The number of benzene rings is 1. The Kier molecular flexibility index (Phi) is 6.80. The molecule has 2 aromatic heterocycles. The maximum Gasteiger partial charge on any atom is 0.322 e. The number of fused-ring (bicyclic) bond motifs is 1. The highest BCUT2D eigenvalue weighted by atomic mass is 16.6. The van der Waals surface area contributed by atoms with Gasteiger partial charge in [-0.15, -0.1) is 5.10 Å². The Labute approximate surface area is 221 Å². The number of nitro groups is 2. The fourth-order valence-corrected chi connectivity index (χ4v) is 5.33. The van der Waals surface area contributed by atoms with Gasteiger partial charge in [-0.25, -0.2) is 0 Å². The average molecular weight is 542 g/mol. The van der Waals surface area contributed by atoms with E-state index in [9.17, 15) is 20.2 Å². The second kappa shape index (κ2) is 10.5. The normalized spacial score (nSPS) is 18.5. The first kappa shape index (κ1) is 25.1. The van der Waals surface area contributed by atoms with Crippen LogP contribution in [0.2, 0.25) is 0 Å². The summed E-state index contributed by atoms with van der Waals surface area (Å²) in [5.74, 6) is 0. The van der Waals surface area contributed by atoms with Gasteiger partial charge in [0.2, 0.25) is 0 Å². The van der Waals surface area contributed by atoms with Crippen LogP contribution in [0.3, 0.4) is 0 Å². The van der Waals surface area contributed by atoms with Gasteiger partial charge in [0.1, 0.15) is 6.07 Å². The molecule has 6 rings (SSSR count). The van der Waals surface area contributed by atoms with Gasteiger partial charge in [0.25, 0.3) is 5.65 Å². The molecule has 3 aliphatic heterocycles. The summed E-state index contributed by atoms with van der Waals surface area (Å²) in [7, 11) is 0. The van der Waals surface area contributed by atoms with Gasteiger partial charge in [-0.05, 0) is 22.6 Å². The van der Waals surface area contributed by atoms with Gasteiger partial charge < -0.3 is 28.9 Å². The molecular formula is C23H27N9O7. The number of rotatable bonds is 6. The molecule has 16 heteroatoms. The molecule has 0 aliphatic carbocycles. The van der Waals surface area contributed by atoms with Gasteiger partial charge in [-0.2, -0.15) is 4.52 Å². The molecule has 0 atom stereocenters. The molecule has 0 spiro atoms. The van der Waals surface area contributed by atoms with E-state index in [1.807, 2.05) is 12.1 Å². The van der Waals surface area contributed by atoms with E-state index >= 15 is 0 Å². The fourth-order valence-electron chi connectivity index (χ4n) is 5.33. The van der Waals surface area contributed by atoms with Gasteiger partial charge in [0.15, 0.2) is 5.69 Å². The van der Waals surface area contributed by atoms with Crippen LogP contribution in [0.25, 0.3) is 16.9 Å². The molecule has 0 unspecified atom stereocenters. The lowest BCUT2D eigenvalue weighted by atomic mass is 9.99. The number of aromatic nitrogens is 4. The first-order valence-corrected chi connectivity index (χ1v) is 12.7. The predicted octanol–water partition coefficient (Wildman–Crippen LogP) is 1.12. The lowest BCUT2D eigenvalue weighted by molar-refractivity contribution is -0.393. The van der Waals surface area contributed by atoms with E-state index < -0.39 is 21.2 Å². The predicted molar refractivity (Wildman–Crippen MR) is 139 cm³/mol. The van der Waals surface area contributed by atoms with E-state index in [-0.39, 0.29) is 11.3 Å². The molecule has 206 valence electrons. The van der Waals surface area contributed by atoms with Crippen molar-refractivity contribution in [2.24, 2.45) is 0 Å². The Morgan fingerprint density at radius 2 is 1.18 bits per heavy atom. The molecule has 0 saturated carbocycles. The second-order valence-corrected chi connectivity index (χ2v) is 9.35. The molecule has 0 bridgehead atoms. The summed E-state index contributed by atoms with van der Waals surface area (Å²) in [6.07, 6.45) is 0. The van der Waals surface area contributed by atoms with Gasteiger partial charge >= 0.3 is 11.4 Å². The first-order valence-electron chi connectivity index (χ1n) is 12.7. The monoisotopic (exact) mass is 541 g/mol. The molecule has 3 saturated heterocycles.